The molecule has 0 atom stereocenters. The van der Waals surface area contributed by atoms with Crippen LogP contribution in [0.5, 0.6) is 0 Å². The van der Waals surface area contributed by atoms with Gasteiger partial charge in [0.15, 0.2) is 0 Å². The van der Waals surface area contributed by atoms with Gasteiger partial charge in [0, 0.05) is 15.5 Å². The summed E-state index contributed by atoms with van der Waals surface area (Å²) >= 11 is 3.41. The van der Waals surface area contributed by atoms with Crippen LogP contribution in [0.4, 0.5) is 17.1 Å². The Labute approximate surface area is 141 Å². The van der Waals surface area contributed by atoms with Crippen molar-refractivity contribution < 1.29 is 4.92 Å². The van der Waals surface area contributed by atoms with Gasteiger partial charge >= 0.3 is 5.69 Å². The minimum atomic E-state index is -0.421. The molecular formula is C17H14BrN3O2. The summed E-state index contributed by atoms with van der Waals surface area (Å²) in [6, 6.07) is 13.4. The van der Waals surface area contributed by atoms with E-state index in [1.54, 1.807) is 0 Å². The van der Waals surface area contributed by atoms with E-state index in [2.05, 4.69) is 33.2 Å². The van der Waals surface area contributed by atoms with Gasteiger partial charge in [-0.15, -0.1) is 0 Å². The van der Waals surface area contributed by atoms with Crippen LogP contribution in [-0.2, 0) is 6.42 Å². The lowest BCUT2D eigenvalue weighted by Gasteiger charge is -2.11. The van der Waals surface area contributed by atoms with Crippen molar-refractivity contribution in [1.82, 2.24) is 4.98 Å². The number of hydrogen-bond donors (Lipinski definition) is 1. The van der Waals surface area contributed by atoms with Crippen molar-refractivity contribution in [2.24, 2.45) is 0 Å². The topological polar surface area (TPSA) is 68.1 Å². The fraction of sp³-hybridized carbons (Fsp3) is 0.118. The molecule has 0 radical (unpaired) electrons. The minimum absolute atomic E-state index is 0.0461. The predicted octanol–water partition coefficient (Wildman–Crippen LogP) is 5.21. The molecular weight excluding hydrogens is 358 g/mol. The monoisotopic (exact) mass is 371 g/mol. The lowest BCUT2D eigenvalue weighted by Crippen LogP contribution is -1.99. The zero-order valence-corrected chi connectivity index (χ0v) is 14.0. The van der Waals surface area contributed by atoms with Crippen LogP contribution in [0.2, 0.25) is 0 Å². The summed E-state index contributed by atoms with van der Waals surface area (Å²) in [5.74, 6) is 0. The Hall–Kier alpha value is -2.47. The van der Waals surface area contributed by atoms with Gasteiger partial charge in [0.25, 0.3) is 0 Å². The number of nitrogens with zero attached hydrogens (tertiary/aromatic N) is 2. The number of halogens is 1. The third kappa shape index (κ3) is 3.17. The smallest absolute Gasteiger partial charge is 0.311 e. The number of fused-ring (bicyclic) bond motifs is 1. The molecule has 0 aliphatic rings. The van der Waals surface area contributed by atoms with E-state index in [1.165, 1.54) is 11.8 Å². The molecule has 5 nitrogen and oxygen atoms in total. The van der Waals surface area contributed by atoms with E-state index in [1.807, 2.05) is 42.5 Å². The molecule has 0 bridgehead atoms. The lowest BCUT2D eigenvalue weighted by atomic mass is 10.1. The van der Waals surface area contributed by atoms with Gasteiger partial charge < -0.3 is 5.32 Å². The van der Waals surface area contributed by atoms with Gasteiger partial charge in [0.05, 0.1) is 10.4 Å². The van der Waals surface area contributed by atoms with Crippen LogP contribution in [-0.4, -0.2) is 9.91 Å². The first-order chi connectivity index (χ1) is 11.1. The maximum Gasteiger partial charge on any atom is 0.311 e. The summed E-state index contributed by atoms with van der Waals surface area (Å²) in [5.41, 5.74) is 3.12. The van der Waals surface area contributed by atoms with E-state index in [9.17, 15) is 10.1 Å². The fourth-order valence-corrected chi connectivity index (χ4v) is 2.75. The maximum absolute atomic E-state index is 11.4. The second kappa shape index (κ2) is 6.34. The predicted molar refractivity (Wildman–Crippen MR) is 95.2 cm³/mol. The van der Waals surface area contributed by atoms with E-state index < -0.39 is 4.92 Å². The molecule has 0 saturated carbocycles. The van der Waals surface area contributed by atoms with E-state index in [-0.39, 0.29) is 5.69 Å². The van der Waals surface area contributed by atoms with Gasteiger partial charge in [-0.05, 0) is 42.3 Å². The normalized spacial score (nSPS) is 10.7. The summed E-state index contributed by atoms with van der Waals surface area (Å²) in [5, 5.41) is 15.2. The second-order valence-electron chi connectivity index (χ2n) is 5.11. The number of hydrogen-bond acceptors (Lipinski definition) is 4. The summed E-state index contributed by atoms with van der Waals surface area (Å²) in [7, 11) is 0. The fourth-order valence-electron chi connectivity index (χ4n) is 2.39. The quantitative estimate of drug-likeness (QED) is 0.504. The molecule has 3 aromatic rings. The molecule has 1 heterocycles. The molecule has 0 saturated heterocycles. The van der Waals surface area contributed by atoms with Crippen LogP contribution >= 0.6 is 15.9 Å². The van der Waals surface area contributed by atoms with Gasteiger partial charge in [0.1, 0.15) is 11.9 Å². The van der Waals surface area contributed by atoms with Gasteiger partial charge in [-0.1, -0.05) is 35.0 Å². The largest absolute Gasteiger partial charge is 0.349 e. The summed E-state index contributed by atoms with van der Waals surface area (Å²) in [6.45, 7) is 2.08. The molecule has 0 aliphatic carbocycles. The summed E-state index contributed by atoms with van der Waals surface area (Å²) < 4.78 is 0.844. The number of rotatable bonds is 4. The standard InChI is InChI=1S/C17H14BrN3O2/c1-2-11-3-6-13(7-4-11)20-17-14-9-12(18)5-8-15(14)19-10-16(17)21(22)23/h3-10H,2H2,1H3,(H,19,20). The highest BCUT2D eigenvalue weighted by atomic mass is 79.9. The molecule has 116 valence electrons. The van der Waals surface area contributed by atoms with Crippen molar-refractivity contribution in [3.05, 3.63) is 68.8 Å². The zero-order chi connectivity index (χ0) is 16.4. The number of nitrogens with one attached hydrogen (secondary N) is 1. The molecule has 0 fully saturated rings. The molecule has 0 amide bonds. The first-order valence-corrected chi connectivity index (χ1v) is 7.96. The molecule has 0 aliphatic heterocycles. The Balaban J connectivity index is 2.14. The molecule has 1 aromatic heterocycles. The van der Waals surface area contributed by atoms with Crippen molar-refractivity contribution >= 4 is 43.9 Å². The molecule has 23 heavy (non-hydrogen) atoms. The van der Waals surface area contributed by atoms with E-state index in [0.29, 0.717) is 16.6 Å². The number of nitro groups is 1. The highest BCUT2D eigenvalue weighted by Gasteiger charge is 2.18. The van der Waals surface area contributed by atoms with Crippen molar-refractivity contribution in [2.45, 2.75) is 13.3 Å². The summed E-state index contributed by atoms with van der Waals surface area (Å²) in [4.78, 5) is 15.1. The second-order valence-corrected chi connectivity index (χ2v) is 6.03. The first-order valence-electron chi connectivity index (χ1n) is 7.17. The number of benzene rings is 2. The Bertz CT molecular complexity index is 879. The van der Waals surface area contributed by atoms with Crippen LogP contribution in [0.1, 0.15) is 12.5 Å². The highest BCUT2D eigenvalue weighted by molar-refractivity contribution is 9.10. The highest BCUT2D eigenvalue weighted by Crippen LogP contribution is 2.35. The molecule has 2 aromatic carbocycles. The third-order valence-corrected chi connectivity index (χ3v) is 4.13. The average Bonchev–Trinajstić information content (AvgIpc) is 2.55. The van der Waals surface area contributed by atoms with Crippen LogP contribution in [0.15, 0.2) is 53.1 Å². The van der Waals surface area contributed by atoms with Crippen LogP contribution in [0.3, 0.4) is 0 Å². The molecule has 0 unspecified atom stereocenters. The van der Waals surface area contributed by atoms with Crippen LogP contribution < -0.4 is 5.32 Å². The number of anilines is 2. The van der Waals surface area contributed by atoms with Gasteiger partial charge in [-0.25, -0.2) is 4.98 Å². The number of aryl methyl sites for hydroxylation is 1. The summed E-state index contributed by atoms with van der Waals surface area (Å²) in [6.07, 6.45) is 2.24. The van der Waals surface area contributed by atoms with E-state index >= 15 is 0 Å². The minimum Gasteiger partial charge on any atom is -0.349 e. The Morgan fingerprint density at radius 1 is 1.22 bits per heavy atom. The average molecular weight is 372 g/mol. The van der Waals surface area contributed by atoms with Crippen molar-refractivity contribution in [3.63, 3.8) is 0 Å². The van der Waals surface area contributed by atoms with Crippen molar-refractivity contribution in [1.29, 1.82) is 0 Å². The molecule has 0 spiro atoms. The Morgan fingerprint density at radius 2 is 1.96 bits per heavy atom. The molecule has 3 rings (SSSR count). The molecule has 6 heteroatoms. The van der Waals surface area contributed by atoms with Gasteiger partial charge in [0.2, 0.25) is 0 Å². The Morgan fingerprint density at radius 3 is 2.61 bits per heavy atom. The van der Waals surface area contributed by atoms with Crippen molar-refractivity contribution in [2.75, 3.05) is 5.32 Å². The number of pyridine rings is 1. The zero-order valence-electron chi connectivity index (χ0n) is 12.4. The van der Waals surface area contributed by atoms with Gasteiger partial charge in [-0.3, -0.25) is 10.1 Å². The lowest BCUT2D eigenvalue weighted by molar-refractivity contribution is -0.384. The van der Waals surface area contributed by atoms with E-state index in [0.717, 1.165) is 16.6 Å². The molecule has 1 N–H and O–H groups in total. The van der Waals surface area contributed by atoms with Crippen molar-refractivity contribution in [3.8, 4) is 0 Å². The first kappa shape index (κ1) is 15.4. The van der Waals surface area contributed by atoms with Crippen LogP contribution in [0, 0.1) is 10.1 Å². The van der Waals surface area contributed by atoms with E-state index in [4.69, 9.17) is 0 Å². The van der Waals surface area contributed by atoms with Gasteiger partial charge in [-0.2, -0.15) is 0 Å². The van der Waals surface area contributed by atoms with Crippen LogP contribution in [0.25, 0.3) is 10.9 Å². The third-order valence-electron chi connectivity index (χ3n) is 3.64. The maximum atomic E-state index is 11.4. The number of aromatic nitrogens is 1. The Kier molecular flexibility index (Phi) is 4.25. The SMILES string of the molecule is CCc1ccc(Nc2c([N+](=O)[O-])cnc3ccc(Br)cc23)cc1.